The standard InChI is InChI=1S/C14H18N2/c1-2-8-16(9-3-1)11-12-4-5-14-13(10-12)6-7-15-14/h1-2,4-5,10,15H,3,6-9,11H2. The lowest BCUT2D eigenvalue weighted by Gasteiger charge is -2.23. The number of benzene rings is 1. The van der Waals surface area contributed by atoms with Crippen LogP contribution < -0.4 is 5.32 Å². The largest absolute Gasteiger partial charge is 0.384 e. The minimum absolute atomic E-state index is 1.09. The van der Waals surface area contributed by atoms with Gasteiger partial charge in [0, 0.05) is 31.9 Å². The number of nitrogens with one attached hydrogen (secondary N) is 1. The molecular formula is C14H18N2. The summed E-state index contributed by atoms with van der Waals surface area (Å²) in [6.07, 6.45) is 6.94. The Kier molecular flexibility index (Phi) is 2.66. The van der Waals surface area contributed by atoms with E-state index < -0.39 is 0 Å². The molecule has 0 aliphatic carbocycles. The lowest BCUT2D eigenvalue weighted by molar-refractivity contribution is 0.290. The molecule has 1 N–H and O–H groups in total. The number of hydrogen-bond acceptors (Lipinski definition) is 2. The fourth-order valence-corrected chi connectivity index (χ4v) is 2.55. The predicted molar refractivity (Wildman–Crippen MR) is 67.7 cm³/mol. The maximum absolute atomic E-state index is 3.41. The molecule has 3 rings (SSSR count). The minimum atomic E-state index is 1.09. The van der Waals surface area contributed by atoms with Crippen LogP contribution in [0.2, 0.25) is 0 Å². The fourth-order valence-electron chi connectivity index (χ4n) is 2.55. The second-order valence-corrected chi connectivity index (χ2v) is 4.66. The highest BCUT2D eigenvalue weighted by atomic mass is 15.1. The molecule has 1 aromatic rings. The zero-order chi connectivity index (χ0) is 10.8. The van der Waals surface area contributed by atoms with Gasteiger partial charge in [-0.2, -0.15) is 0 Å². The molecule has 0 spiro atoms. The van der Waals surface area contributed by atoms with Crippen molar-refractivity contribution in [3.8, 4) is 0 Å². The molecule has 0 fully saturated rings. The number of nitrogens with zero attached hydrogens (tertiary/aromatic N) is 1. The lowest BCUT2D eigenvalue weighted by atomic mass is 10.1. The van der Waals surface area contributed by atoms with Gasteiger partial charge < -0.3 is 5.32 Å². The fraction of sp³-hybridized carbons (Fsp3) is 0.429. The van der Waals surface area contributed by atoms with Crippen LogP contribution >= 0.6 is 0 Å². The van der Waals surface area contributed by atoms with Crippen LogP contribution in [0.1, 0.15) is 17.5 Å². The molecule has 0 amide bonds. The Balaban J connectivity index is 1.72. The number of hydrogen-bond donors (Lipinski definition) is 1. The number of anilines is 1. The van der Waals surface area contributed by atoms with E-state index in [4.69, 9.17) is 0 Å². The second-order valence-electron chi connectivity index (χ2n) is 4.66. The highest BCUT2D eigenvalue weighted by molar-refractivity contribution is 5.56. The third-order valence-electron chi connectivity index (χ3n) is 3.43. The van der Waals surface area contributed by atoms with Gasteiger partial charge in [-0.15, -0.1) is 0 Å². The Bertz CT molecular complexity index is 409. The van der Waals surface area contributed by atoms with Crippen LogP contribution in [0.15, 0.2) is 30.4 Å². The molecule has 2 nitrogen and oxygen atoms in total. The Morgan fingerprint density at radius 3 is 3.12 bits per heavy atom. The molecule has 2 heteroatoms. The highest BCUT2D eigenvalue weighted by Gasteiger charge is 2.12. The SMILES string of the molecule is C1=CCN(Cc2ccc3c(c2)CCN3)CC1. The molecule has 0 saturated carbocycles. The summed E-state index contributed by atoms with van der Waals surface area (Å²) in [6, 6.07) is 6.86. The number of rotatable bonds is 2. The van der Waals surface area contributed by atoms with Gasteiger partial charge in [0.2, 0.25) is 0 Å². The molecule has 1 aromatic carbocycles. The summed E-state index contributed by atoms with van der Waals surface area (Å²) in [6.45, 7) is 4.50. The van der Waals surface area contributed by atoms with Crippen molar-refractivity contribution in [1.29, 1.82) is 0 Å². The van der Waals surface area contributed by atoms with Crippen LogP contribution in [0, 0.1) is 0 Å². The smallest absolute Gasteiger partial charge is 0.0373 e. The van der Waals surface area contributed by atoms with Gasteiger partial charge >= 0.3 is 0 Å². The van der Waals surface area contributed by atoms with Gasteiger partial charge in [-0.3, -0.25) is 4.90 Å². The molecule has 0 atom stereocenters. The monoisotopic (exact) mass is 214 g/mol. The molecule has 2 heterocycles. The van der Waals surface area contributed by atoms with Gasteiger partial charge in [0.05, 0.1) is 0 Å². The summed E-state index contributed by atoms with van der Waals surface area (Å²) in [4.78, 5) is 2.50. The molecule has 2 aliphatic rings. The van der Waals surface area contributed by atoms with E-state index >= 15 is 0 Å². The van der Waals surface area contributed by atoms with Crippen LogP contribution in [0.25, 0.3) is 0 Å². The maximum Gasteiger partial charge on any atom is 0.0373 e. The second kappa shape index (κ2) is 4.30. The first-order valence-corrected chi connectivity index (χ1v) is 6.15. The van der Waals surface area contributed by atoms with E-state index in [-0.39, 0.29) is 0 Å². The number of fused-ring (bicyclic) bond motifs is 1. The first-order chi connectivity index (χ1) is 7.92. The minimum Gasteiger partial charge on any atom is -0.384 e. The van der Waals surface area contributed by atoms with Crippen LogP contribution in [-0.2, 0) is 13.0 Å². The van der Waals surface area contributed by atoms with Crippen LogP contribution in [0.4, 0.5) is 5.69 Å². The van der Waals surface area contributed by atoms with Gasteiger partial charge in [0.25, 0.3) is 0 Å². The quantitative estimate of drug-likeness (QED) is 0.761. The molecule has 16 heavy (non-hydrogen) atoms. The van der Waals surface area contributed by atoms with Crippen molar-refractivity contribution in [2.24, 2.45) is 0 Å². The summed E-state index contributed by atoms with van der Waals surface area (Å²) in [5.41, 5.74) is 4.28. The summed E-state index contributed by atoms with van der Waals surface area (Å²) in [5, 5.41) is 3.41. The Morgan fingerprint density at radius 2 is 2.25 bits per heavy atom. The van der Waals surface area contributed by atoms with Crippen molar-refractivity contribution in [2.45, 2.75) is 19.4 Å². The maximum atomic E-state index is 3.41. The molecule has 2 aliphatic heterocycles. The van der Waals surface area contributed by atoms with E-state index in [1.54, 1.807) is 0 Å². The van der Waals surface area contributed by atoms with Crippen LogP contribution in [0.5, 0.6) is 0 Å². The Morgan fingerprint density at radius 1 is 1.25 bits per heavy atom. The zero-order valence-electron chi connectivity index (χ0n) is 9.58. The predicted octanol–water partition coefficient (Wildman–Crippen LogP) is 2.42. The zero-order valence-corrected chi connectivity index (χ0v) is 9.58. The van der Waals surface area contributed by atoms with Crippen LogP contribution in [-0.4, -0.2) is 24.5 Å². The summed E-state index contributed by atoms with van der Waals surface area (Å²) < 4.78 is 0. The third-order valence-corrected chi connectivity index (χ3v) is 3.43. The third kappa shape index (κ3) is 1.98. The van der Waals surface area contributed by atoms with Crippen molar-refractivity contribution in [3.63, 3.8) is 0 Å². The molecule has 0 bridgehead atoms. The Hall–Kier alpha value is -1.28. The Labute approximate surface area is 97.0 Å². The average molecular weight is 214 g/mol. The summed E-state index contributed by atoms with van der Waals surface area (Å²) in [7, 11) is 0. The van der Waals surface area contributed by atoms with Gasteiger partial charge in [-0.25, -0.2) is 0 Å². The van der Waals surface area contributed by atoms with Gasteiger partial charge in [0.15, 0.2) is 0 Å². The summed E-state index contributed by atoms with van der Waals surface area (Å²) >= 11 is 0. The normalized spacial score (nSPS) is 19.5. The average Bonchev–Trinajstić information content (AvgIpc) is 2.77. The van der Waals surface area contributed by atoms with Gasteiger partial charge in [-0.1, -0.05) is 24.3 Å². The van der Waals surface area contributed by atoms with Crippen molar-refractivity contribution in [2.75, 3.05) is 25.0 Å². The lowest BCUT2D eigenvalue weighted by Crippen LogP contribution is -2.26. The van der Waals surface area contributed by atoms with Crippen molar-refractivity contribution in [1.82, 2.24) is 4.90 Å². The molecule has 0 unspecified atom stereocenters. The van der Waals surface area contributed by atoms with E-state index in [1.165, 1.54) is 36.2 Å². The van der Waals surface area contributed by atoms with Gasteiger partial charge in [-0.05, 0) is 30.0 Å². The highest BCUT2D eigenvalue weighted by Crippen LogP contribution is 2.23. The van der Waals surface area contributed by atoms with Crippen molar-refractivity contribution >= 4 is 5.69 Å². The topological polar surface area (TPSA) is 15.3 Å². The molecule has 84 valence electrons. The molecule has 0 radical (unpaired) electrons. The first-order valence-electron chi connectivity index (χ1n) is 6.15. The van der Waals surface area contributed by atoms with E-state index in [0.717, 1.165) is 19.6 Å². The van der Waals surface area contributed by atoms with E-state index in [2.05, 4.69) is 40.6 Å². The van der Waals surface area contributed by atoms with Gasteiger partial charge in [0.1, 0.15) is 0 Å². The van der Waals surface area contributed by atoms with Crippen molar-refractivity contribution < 1.29 is 0 Å². The summed E-state index contributed by atoms with van der Waals surface area (Å²) in [5.74, 6) is 0. The van der Waals surface area contributed by atoms with E-state index in [1.807, 2.05) is 0 Å². The molecule has 0 saturated heterocycles. The van der Waals surface area contributed by atoms with Crippen molar-refractivity contribution in [3.05, 3.63) is 41.5 Å². The first kappa shape index (κ1) is 9.91. The molecule has 0 aromatic heterocycles. The van der Waals surface area contributed by atoms with E-state index in [9.17, 15) is 0 Å². The van der Waals surface area contributed by atoms with Crippen LogP contribution in [0.3, 0.4) is 0 Å². The molecular weight excluding hydrogens is 196 g/mol. The van der Waals surface area contributed by atoms with E-state index in [0.29, 0.717) is 0 Å².